The molecule has 0 amide bonds. The molecule has 19 heavy (non-hydrogen) atoms. The molecule has 2 aromatic heterocycles. The normalized spacial score (nSPS) is 12.5. The van der Waals surface area contributed by atoms with Gasteiger partial charge in [-0.2, -0.15) is 0 Å². The number of hydrogen-bond donors (Lipinski definition) is 1. The van der Waals surface area contributed by atoms with Gasteiger partial charge in [0.2, 0.25) is 0 Å². The highest BCUT2D eigenvalue weighted by Gasteiger charge is 2.10. The first-order chi connectivity index (χ1) is 9.24. The quantitative estimate of drug-likeness (QED) is 0.754. The second-order valence-corrected chi connectivity index (χ2v) is 4.69. The molecule has 3 heteroatoms. The molecule has 0 saturated carbocycles. The first kappa shape index (κ1) is 11.8. The van der Waals surface area contributed by atoms with Crippen LogP contribution in [0.25, 0.3) is 10.9 Å². The number of furan rings is 1. The number of anilines is 1. The Morgan fingerprint density at radius 3 is 2.74 bits per heavy atom. The van der Waals surface area contributed by atoms with Crippen LogP contribution in [0.1, 0.15) is 24.5 Å². The van der Waals surface area contributed by atoms with Crippen molar-refractivity contribution in [3.8, 4) is 0 Å². The van der Waals surface area contributed by atoms with Crippen LogP contribution >= 0.6 is 0 Å². The van der Waals surface area contributed by atoms with E-state index >= 15 is 0 Å². The van der Waals surface area contributed by atoms with Gasteiger partial charge >= 0.3 is 0 Å². The molecule has 2 heterocycles. The van der Waals surface area contributed by atoms with Gasteiger partial charge in [-0.05, 0) is 38.1 Å². The first-order valence-electron chi connectivity index (χ1n) is 6.40. The van der Waals surface area contributed by atoms with Crippen molar-refractivity contribution in [1.29, 1.82) is 0 Å². The Kier molecular flexibility index (Phi) is 2.95. The monoisotopic (exact) mass is 252 g/mol. The van der Waals surface area contributed by atoms with Gasteiger partial charge in [0.25, 0.3) is 0 Å². The molecular weight excluding hydrogens is 236 g/mol. The van der Waals surface area contributed by atoms with E-state index in [2.05, 4.69) is 23.3 Å². The molecule has 1 unspecified atom stereocenters. The van der Waals surface area contributed by atoms with Crippen molar-refractivity contribution in [3.63, 3.8) is 0 Å². The van der Waals surface area contributed by atoms with Gasteiger partial charge < -0.3 is 9.73 Å². The fraction of sp³-hybridized carbons (Fsp3) is 0.188. The molecule has 0 saturated heterocycles. The molecule has 96 valence electrons. The van der Waals surface area contributed by atoms with E-state index in [0.717, 1.165) is 28.1 Å². The summed E-state index contributed by atoms with van der Waals surface area (Å²) in [6, 6.07) is 14.2. The molecule has 0 bridgehead atoms. The van der Waals surface area contributed by atoms with Gasteiger partial charge in [-0.15, -0.1) is 0 Å². The van der Waals surface area contributed by atoms with Crippen molar-refractivity contribution >= 4 is 16.6 Å². The lowest BCUT2D eigenvalue weighted by atomic mass is 10.1. The molecule has 1 aromatic carbocycles. The molecule has 0 fully saturated rings. The lowest BCUT2D eigenvalue weighted by Crippen LogP contribution is -2.06. The largest absolute Gasteiger partial charge is 0.464 e. The number of aromatic nitrogens is 1. The molecule has 0 spiro atoms. The molecule has 3 rings (SSSR count). The number of nitrogens with one attached hydrogen (secondary N) is 1. The lowest BCUT2D eigenvalue weighted by Gasteiger charge is -2.14. The third-order valence-corrected chi connectivity index (χ3v) is 3.21. The van der Waals surface area contributed by atoms with Gasteiger partial charge in [0, 0.05) is 17.3 Å². The van der Waals surface area contributed by atoms with Crippen molar-refractivity contribution in [3.05, 3.63) is 60.2 Å². The van der Waals surface area contributed by atoms with Crippen LogP contribution in [0, 0.1) is 6.92 Å². The fourth-order valence-corrected chi connectivity index (χ4v) is 2.21. The number of rotatable bonds is 3. The fourth-order valence-electron chi connectivity index (χ4n) is 2.21. The zero-order valence-corrected chi connectivity index (χ0v) is 11.1. The third kappa shape index (κ3) is 2.32. The number of pyridine rings is 1. The second-order valence-electron chi connectivity index (χ2n) is 4.69. The molecule has 1 atom stereocenters. The van der Waals surface area contributed by atoms with Crippen molar-refractivity contribution in [1.82, 2.24) is 4.98 Å². The van der Waals surface area contributed by atoms with Crippen molar-refractivity contribution in [2.45, 2.75) is 19.9 Å². The van der Waals surface area contributed by atoms with Crippen LogP contribution in [0.5, 0.6) is 0 Å². The predicted octanol–water partition coefficient (Wildman–Crippen LogP) is 4.31. The SMILES string of the molecule is Cc1ccc(C(C)Nc2ccnc3ccccc23)o1. The zero-order chi connectivity index (χ0) is 13.2. The maximum atomic E-state index is 5.65. The van der Waals surface area contributed by atoms with Crippen molar-refractivity contribution < 1.29 is 4.42 Å². The highest BCUT2D eigenvalue weighted by Crippen LogP contribution is 2.26. The molecule has 3 aromatic rings. The Morgan fingerprint density at radius 2 is 1.95 bits per heavy atom. The summed E-state index contributed by atoms with van der Waals surface area (Å²) in [6.45, 7) is 4.05. The van der Waals surface area contributed by atoms with E-state index in [9.17, 15) is 0 Å². The Morgan fingerprint density at radius 1 is 1.11 bits per heavy atom. The highest BCUT2D eigenvalue weighted by molar-refractivity contribution is 5.90. The zero-order valence-electron chi connectivity index (χ0n) is 11.1. The number of hydrogen-bond acceptors (Lipinski definition) is 3. The van der Waals surface area contributed by atoms with E-state index in [4.69, 9.17) is 4.42 Å². The van der Waals surface area contributed by atoms with Crippen molar-refractivity contribution in [2.75, 3.05) is 5.32 Å². The summed E-state index contributed by atoms with van der Waals surface area (Å²) in [4.78, 5) is 4.36. The minimum atomic E-state index is 0.125. The van der Waals surface area contributed by atoms with E-state index in [0.29, 0.717) is 0 Å². The minimum Gasteiger partial charge on any atom is -0.464 e. The van der Waals surface area contributed by atoms with E-state index in [1.54, 1.807) is 0 Å². The van der Waals surface area contributed by atoms with Crippen LogP contribution in [-0.4, -0.2) is 4.98 Å². The van der Waals surface area contributed by atoms with Gasteiger partial charge in [0.05, 0.1) is 11.6 Å². The maximum absolute atomic E-state index is 5.65. The summed E-state index contributed by atoms with van der Waals surface area (Å²) < 4.78 is 5.65. The number of aryl methyl sites for hydroxylation is 1. The highest BCUT2D eigenvalue weighted by atomic mass is 16.3. The van der Waals surface area contributed by atoms with Crippen LogP contribution in [-0.2, 0) is 0 Å². The molecule has 0 radical (unpaired) electrons. The average Bonchev–Trinajstić information content (AvgIpc) is 2.86. The smallest absolute Gasteiger partial charge is 0.126 e. The molecule has 3 nitrogen and oxygen atoms in total. The molecule has 0 aliphatic heterocycles. The Hall–Kier alpha value is -2.29. The molecule has 0 aliphatic carbocycles. The Balaban J connectivity index is 1.93. The lowest BCUT2D eigenvalue weighted by molar-refractivity contribution is 0.467. The summed E-state index contributed by atoms with van der Waals surface area (Å²) >= 11 is 0. The summed E-state index contributed by atoms with van der Waals surface area (Å²) in [5, 5.41) is 4.61. The minimum absolute atomic E-state index is 0.125. The summed E-state index contributed by atoms with van der Waals surface area (Å²) in [7, 11) is 0. The van der Waals surface area contributed by atoms with Crippen LogP contribution in [0.15, 0.2) is 53.1 Å². The number of nitrogens with zero attached hydrogens (tertiary/aromatic N) is 1. The summed E-state index contributed by atoms with van der Waals surface area (Å²) in [5.74, 6) is 1.88. The van der Waals surface area contributed by atoms with Crippen LogP contribution in [0.3, 0.4) is 0 Å². The number of fused-ring (bicyclic) bond motifs is 1. The van der Waals surface area contributed by atoms with E-state index < -0.39 is 0 Å². The third-order valence-electron chi connectivity index (χ3n) is 3.21. The molecule has 0 aliphatic rings. The van der Waals surface area contributed by atoms with Gasteiger partial charge in [0.15, 0.2) is 0 Å². The van der Waals surface area contributed by atoms with Gasteiger partial charge in [0.1, 0.15) is 11.5 Å². The predicted molar refractivity (Wildman–Crippen MR) is 77.2 cm³/mol. The number of para-hydroxylation sites is 1. The maximum Gasteiger partial charge on any atom is 0.126 e. The number of benzene rings is 1. The van der Waals surface area contributed by atoms with Gasteiger partial charge in [-0.3, -0.25) is 4.98 Å². The van der Waals surface area contributed by atoms with Crippen molar-refractivity contribution in [2.24, 2.45) is 0 Å². The topological polar surface area (TPSA) is 38.1 Å². The van der Waals surface area contributed by atoms with E-state index in [-0.39, 0.29) is 6.04 Å². The summed E-state index contributed by atoms with van der Waals surface area (Å²) in [5.41, 5.74) is 2.07. The molecular formula is C16H16N2O. The Labute approximate surface area is 112 Å². The summed E-state index contributed by atoms with van der Waals surface area (Å²) in [6.07, 6.45) is 1.82. The van der Waals surface area contributed by atoms with Crippen LogP contribution < -0.4 is 5.32 Å². The van der Waals surface area contributed by atoms with E-state index in [1.165, 1.54) is 0 Å². The first-order valence-corrected chi connectivity index (χ1v) is 6.40. The van der Waals surface area contributed by atoms with Gasteiger partial charge in [-0.25, -0.2) is 0 Å². The van der Waals surface area contributed by atoms with Crippen LogP contribution in [0.4, 0.5) is 5.69 Å². The molecule has 1 N–H and O–H groups in total. The Bertz CT molecular complexity index is 697. The second kappa shape index (κ2) is 4.76. The standard InChI is InChI=1S/C16H16N2O/c1-11-7-8-16(19-11)12(2)18-15-9-10-17-14-6-4-3-5-13(14)15/h3-10,12H,1-2H3,(H,17,18). The van der Waals surface area contributed by atoms with E-state index in [1.807, 2.05) is 49.5 Å². The van der Waals surface area contributed by atoms with Gasteiger partial charge in [-0.1, -0.05) is 18.2 Å². The average molecular weight is 252 g/mol. The van der Waals surface area contributed by atoms with Crippen LogP contribution in [0.2, 0.25) is 0 Å².